The monoisotopic (exact) mass is 184 g/mol. The molecule has 1 rings (SSSR count). The van der Waals surface area contributed by atoms with Crippen LogP contribution in [-0.4, -0.2) is 13.7 Å². The van der Waals surface area contributed by atoms with Gasteiger partial charge in [0.05, 0.1) is 13.7 Å². The van der Waals surface area contributed by atoms with E-state index in [1.807, 2.05) is 31.2 Å². The van der Waals surface area contributed by atoms with E-state index in [0.717, 1.165) is 11.5 Å². The Morgan fingerprint density at radius 3 is 1.85 bits per heavy atom. The first-order chi connectivity index (χ1) is 5.36. The Hall–Kier alpha value is -1.18. The third-order valence-corrected chi connectivity index (χ3v) is 1.37. The Morgan fingerprint density at radius 1 is 1.00 bits per heavy atom. The topological polar surface area (TPSA) is 18.5 Å². The number of benzene rings is 1. The lowest BCUT2D eigenvalue weighted by Crippen LogP contribution is -1.90. The van der Waals surface area contributed by atoms with Crippen molar-refractivity contribution in [3.8, 4) is 11.5 Å². The number of hydrogen-bond acceptors (Lipinski definition) is 2. The number of rotatable bonds is 3. The molecule has 1 aromatic rings. The van der Waals surface area contributed by atoms with E-state index in [1.54, 1.807) is 7.11 Å². The molecule has 0 radical (unpaired) electrons. The maximum Gasteiger partial charge on any atom is 0.119 e. The predicted molar refractivity (Wildman–Crippen MR) is 57.6 cm³/mol. The first kappa shape index (κ1) is 14.3. The average Bonchev–Trinajstić information content (AvgIpc) is 2.07. The highest BCUT2D eigenvalue weighted by Crippen LogP contribution is 2.16. The Kier molecular flexibility index (Phi) is 8.24. The second kappa shape index (κ2) is 7.47. The van der Waals surface area contributed by atoms with Crippen LogP contribution in [0.25, 0.3) is 0 Å². The second-order valence-electron chi connectivity index (χ2n) is 2.11. The van der Waals surface area contributed by atoms with Crippen LogP contribution in [0.1, 0.15) is 21.8 Å². The molecule has 13 heavy (non-hydrogen) atoms. The lowest BCUT2D eigenvalue weighted by molar-refractivity contribution is 0.339. The summed E-state index contributed by atoms with van der Waals surface area (Å²) in [6.45, 7) is 2.66. The maximum absolute atomic E-state index is 5.25. The fourth-order valence-corrected chi connectivity index (χ4v) is 0.839. The van der Waals surface area contributed by atoms with Gasteiger partial charge in [0.1, 0.15) is 11.5 Å². The van der Waals surface area contributed by atoms with Gasteiger partial charge in [0, 0.05) is 0 Å². The smallest absolute Gasteiger partial charge is 0.119 e. The van der Waals surface area contributed by atoms with Crippen LogP contribution in [0.5, 0.6) is 11.5 Å². The summed E-state index contributed by atoms with van der Waals surface area (Å²) in [5.41, 5.74) is 0. The molecule has 1 aromatic carbocycles. The molecule has 2 heteroatoms. The van der Waals surface area contributed by atoms with E-state index in [9.17, 15) is 0 Å². The van der Waals surface area contributed by atoms with Gasteiger partial charge in [-0.05, 0) is 31.2 Å². The van der Waals surface area contributed by atoms with Gasteiger partial charge in [0.2, 0.25) is 0 Å². The standard InChI is InChI=1S/C9H12O2.2CH4/c1-3-11-9-6-4-8(10-2)5-7-9;;/h4-7H,3H2,1-2H3;2*1H4. The fraction of sp³-hybridized carbons (Fsp3) is 0.455. The summed E-state index contributed by atoms with van der Waals surface area (Å²) in [5.74, 6) is 1.74. The van der Waals surface area contributed by atoms with E-state index in [1.165, 1.54) is 0 Å². The average molecular weight is 184 g/mol. The Morgan fingerprint density at radius 2 is 1.46 bits per heavy atom. The van der Waals surface area contributed by atoms with Crippen molar-refractivity contribution in [2.75, 3.05) is 13.7 Å². The Balaban J connectivity index is 0. The zero-order valence-electron chi connectivity index (χ0n) is 6.83. The molecule has 0 heterocycles. The summed E-state index contributed by atoms with van der Waals surface area (Å²) >= 11 is 0. The molecule has 0 saturated heterocycles. The summed E-state index contributed by atoms with van der Waals surface area (Å²) in [5, 5.41) is 0. The molecule has 0 atom stereocenters. The molecule has 0 aliphatic rings. The molecule has 0 fully saturated rings. The third-order valence-electron chi connectivity index (χ3n) is 1.37. The highest BCUT2D eigenvalue weighted by Gasteiger charge is 1.91. The minimum Gasteiger partial charge on any atom is -0.497 e. The maximum atomic E-state index is 5.25. The summed E-state index contributed by atoms with van der Waals surface area (Å²) in [4.78, 5) is 0. The van der Waals surface area contributed by atoms with Crippen LogP contribution in [-0.2, 0) is 0 Å². The molecule has 0 amide bonds. The lowest BCUT2D eigenvalue weighted by Gasteiger charge is -2.03. The normalized spacial score (nSPS) is 7.85. The minimum atomic E-state index is 0. The molecule has 0 aliphatic carbocycles. The number of hydrogen-bond donors (Lipinski definition) is 0. The zero-order chi connectivity index (χ0) is 8.10. The number of ether oxygens (including phenoxy) is 2. The summed E-state index contributed by atoms with van der Waals surface area (Å²) < 4.78 is 10.2. The van der Waals surface area contributed by atoms with Gasteiger partial charge in [0.25, 0.3) is 0 Å². The van der Waals surface area contributed by atoms with Gasteiger partial charge in [-0.15, -0.1) is 0 Å². The second-order valence-corrected chi connectivity index (χ2v) is 2.11. The van der Waals surface area contributed by atoms with Gasteiger partial charge in [-0.2, -0.15) is 0 Å². The van der Waals surface area contributed by atoms with Gasteiger partial charge in [-0.1, -0.05) is 14.9 Å². The quantitative estimate of drug-likeness (QED) is 0.717. The van der Waals surface area contributed by atoms with E-state index in [0.29, 0.717) is 6.61 Å². The van der Waals surface area contributed by atoms with Crippen molar-refractivity contribution in [2.24, 2.45) is 0 Å². The first-order valence-corrected chi connectivity index (χ1v) is 3.63. The van der Waals surface area contributed by atoms with Crippen LogP contribution in [0.4, 0.5) is 0 Å². The molecule has 0 aromatic heterocycles. The van der Waals surface area contributed by atoms with Crippen molar-refractivity contribution in [1.29, 1.82) is 0 Å². The van der Waals surface area contributed by atoms with Crippen molar-refractivity contribution >= 4 is 0 Å². The molecule has 0 aliphatic heterocycles. The van der Waals surface area contributed by atoms with Crippen LogP contribution >= 0.6 is 0 Å². The van der Waals surface area contributed by atoms with E-state index in [-0.39, 0.29) is 14.9 Å². The summed E-state index contributed by atoms with van der Waals surface area (Å²) in [6.07, 6.45) is 0. The minimum absolute atomic E-state index is 0. The molecular weight excluding hydrogens is 164 g/mol. The molecule has 0 saturated carbocycles. The van der Waals surface area contributed by atoms with Crippen LogP contribution in [0.15, 0.2) is 24.3 Å². The Bertz CT molecular complexity index is 204. The van der Waals surface area contributed by atoms with Crippen molar-refractivity contribution in [1.82, 2.24) is 0 Å². The van der Waals surface area contributed by atoms with Crippen LogP contribution in [0.2, 0.25) is 0 Å². The summed E-state index contributed by atoms with van der Waals surface area (Å²) in [6, 6.07) is 7.54. The lowest BCUT2D eigenvalue weighted by atomic mass is 10.3. The molecular formula is C11H20O2. The molecule has 0 unspecified atom stereocenters. The number of methoxy groups -OCH3 is 1. The first-order valence-electron chi connectivity index (χ1n) is 3.63. The van der Waals surface area contributed by atoms with Crippen molar-refractivity contribution in [2.45, 2.75) is 21.8 Å². The molecule has 0 N–H and O–H groups in total. The van der Waals surface area contributed by atoms with Gasteiger partial charge < -0.3 is 9.47 Å². The third kappa shape index (κ3) is 4.41. The van der Waals surface area contributed by atoms with E-state index >= 15 is 0 Å². The van der Waals surface area contributed by atoms with E-state index < -0.39 is 0 Å². The summed E-state index contributed by atoms with van der Waals surface area (Å²) in [7, 11) is 1.65. The molecule has 0 spiro atoms. The van der Waals surface area contributed by atoms with Crippen molar-refractivity contribution < 1.29 is 9.47 Å². The van der Waals surface area contributed by atoms with E-state index in [2.05, 4.69) is 0 Å². The van der Waals surface area contributed by atoms with Gasteiger partial charge >= 0.3 is 0 Å². The fourth-order valence-electron chi connectivity index (χ4n) is 0.839. The van der Waals surface area contributed by atoms with Crippen LogP contribution in [0.3, 0.4) is 0 Å². The van der Waals surface area contributed by atoms with Crippen LogP contribution < -0.4 is 9.47 Å². The zero-order valence-corrected chi connectivity index (χ0v) is 6.83. The van der Waals surface area contributed by atoms with Crippen molar-refractivity contribution in [3.63, 3.8) is 0 Å². The molecule has 0 bridgehead atoms. The van der Waals surface area contributed by atoms with Gasteiger partial charge in [-0.25, -0.2) is 0 Å². The van der Waals surface area contributed by atoms with Crippen LogP contribution in [0, 0.1) is 0 Å². The predicted octanol–water partition coefficient (Wildman–Crippen LogP) is 3.37. The SMILES string of the molecule is C.C.CCOc1ccc(OC)cc1. The molecule has 2 nitrogen and oxygen atoms in total. The largest absolute Gasteiger partial charge is 0.497 e. The molecule has 76 valence electrons. The van der Waals surface area contributed by atoms with Crippen molar-refractivity contribution in [3.05, 3.63) is 24.3 Å². The van der Waals surface area contributed by atoms with E-state index in [4.69, 9.17) is 9.47 Å². The highest BCUT2D eigenvalue weighted by atomic mass is 16.5. The van der Waals surface area contributed by atoms with Gasteiger partial charge in [-0.3, -0.25) is 0 Å². The van der Waals surface area contributed by atoms with Gasteiger partial charge in [0.15, 0.2) is 0 Å². The Labute approximate surface area is 81.5 Å². The highest BCUT2D eigenvalue weighted by molar-refractivity contribution is 5.30.